The van der Waals surface area contributed by atoms with Crippen LogP contribution in [0.25, 0.3) is 11.6 Å². The molecule has 0 spiro atoms. The van der Waals surface area contributed by atoms with Crippen molar-refractivity contribution in [1.29, 1.82) is 10.5 Å². The number of phenolic OH excluding ortho intramolecular Hbond substituents is 1. The minimum absolute atomic E-state index is 0.0377. The molecule has 0 unspecified atom stereocenters. The molecule has 0 saturated heterocycles. The number of aromatic hydroxyl groups is 1. The minimum Gasteiger partial charge on any atom is -0.507 e. The molecule has 0 bridgehead atoms. The largest absolute Gasteiger partial charge is 0.507 e. The number of ether oxygens (including phenoxy) is 1. The van der Waals surface area contributed by atoms with Crippen LogP contribution in [0.15, 0.2) is 42.5 Å². The molecular weight excluding hydrogens is 264 g/mol. The van der Waals surface area contributed by atoms with Crippen molar-refractivity contribution in [3.8, 4) is 23.6 Å². The zero-order valence-corrected chi connectivity index (χ0v) is 11.4. The van der Waals surface area contributed by atoms with E-state index >= 15 is 0 Å². The van der Waals surface area contributed by atoms with E-state index < -0.39 is 0 Å². The van der Waals surface area contributed by atoms with Crippen LogP contribution in [0.5, 0.6) is 11.5 Å². The highest BCUT2D eigenvalue weighted by molar-refractivity contribution is 5.90. The van der Waals surface area contributed by atoms with Crippen molar-refractivity contribution in [1.82, 2.24) is 0 Å². The molecular formula is C17H12N2O2. The second-order valence-electron chi connectivity index (χ2n) is 4.28. The van der Waals surface area contributed by atoms with Crippen molar-refractivity contribution < 1.29 is 9.84 Å². The van der Waals surface area contributed by atoms with Gasteiger partial charge in [0.05, 0.1) is 30.4 Å². The second kappa shape index (κ2) is 6.27. The van der Waals surface area contributed by atoms with Crippen LogP contribution >= 0.6 is 0 Å². The van der Waals surface area contributed by atoms with Crippen LogP contribution < -0.4 is 4.74 Å². The number of allylic oxidation sites excluding steroid dienone is 1. The lowest BCUT2D eigenvalue weighted by Gasteiger charge is -2.04. The van der Waals surface area contributed by atoms with Crippen molar-refractivity contribution in [3.63, 3.8) is 0 Å². The van der Waals surface area contributed by atoms with Crippen molar-refractivity contribution in [2.24, 2.45) is 0 Å². The molecule has 2 rings (SSSR count). The van der Waals surface area contributed by atoms with Crippen LogP contribution in [0, 0.1) is 22.7 Å². The van der Waals surface area contributed by atoms with Crippen molar-refractivity contribution in [2.75, 3.05) is 7.11 Å². The summed E-state index contributed by atoms with van der Waals surface area (Å²) in [5.74, 6) is 0.581. The molecule has 2 aromatic rings. The van der Waals surface area contributed by atoms with E-state index in [0.717, 1.165) is 0 Å². The fourth-order valence-corrected chi connectivity index (χ4v) is 1.83. The van der Waals surface area contributed by atoms with E-state index in [1.54, 1.807) is 42.5 Å². The Kier molecular flexibility index (Phi) is 4.23. The lowest BCUT2D eigenvalue weighted by atomic mass is 10.0. The highest BCUT2D eigenvalue weighted by atomic mass is 16.5. The van der Waals surface area contributed by atoms with Crippen LogP contribution in [0.4, 0.5) is 0 Å². The molecule has 0 aromatic heterocycles. The molecule has 0 heterocycles. The first kappa shape index (κ1) is 14.2. The Bertz CT molecular complexity index is 763. The number of methoxy groups -OCH3 is 1. The van der Waals surface area contributed by atoms with Gasteiger partial charge in [0.1, 0.15) is 11.5 Å². The molecule has 102 valence electrons. The van der Waals surface area contributed by atoms with E-state index in [9.17, 15) is 10.4 Å². The molecule has 2 aromatic carbocycles. The number of nitriles is 2. The molecule has 0 aliphatic rings. The van der Waals surface area contributed by atoms with Gasteiger partial charge in [-0.15, -0.1) is 0 Å². The summed E-state index contributed by atoms with van der Waals surface area (Å²) in [4.78, 5) is 0. The fourth-order valence-electron chi connectivity index (χ4n) is 1.83. The Hall–Kier alpha value is -3.24. The molecule has 1 N–H and O–H groups in total. The first-order valence-corrected chi connectivity index (χ1v) is 6.17. The number of phenols is 1. The van der Waals surface area contributed by atoms with E-state index in [0.29, 0.717) is 28.0 Å². The summed E-state index contributed by atoms with van der Waals surface area (Å²) in [6, 6.07) is 15.7. The monoisotopic (exact) mass is 276 g/mol. The van der Waals surface area contributed by atoms with E-state index in [1.165, 1.54) is 13.2 Å². The van der Waals surface area contributed by atoms with Gasteiger partial charge in [-0.25, -0.2) is 0 Å². The van der Waals surface area contributed by atoms with Crippen LogP contribution in [-0.4, -0.2) is 12.2 Å². The van der Waals surface area contributed by atoms with Crippen molar-refractivity contribution in [3.05, 3.63) is 59.2 Å². The summed E-state index contributed by atoms with van der Waals surface area (Å²) in [6.07, 6.45) is 1.59. The van der Waals surface area contributed by atoms with Gasteiger partial charge in [0.2, 0.25) is 0 Å². The van der Waals surface area contributed by atoms with Crippen LogP contribution in [0.1, 0.15) is 16.7 Å². The van der Waals surface area contributed by atoms with Crippen LogP contribution in [-0.2, 0) is 0 Å². The molecule has 0 atom stereocenters. The Morgan fingerprint density at radius 3 is 2.38 bits per heavy atom. The minimum atomic E-state index is 0.0377. The lowest BCUT2D eigenvalue weighted by Crippen LogP contribution is -1.86. The zero-order valence-electron chi connectivity index (χ0n) is 11.4. The maximum absolute atomic E-state index is 9.92. The molecule has 4 heteroatoms. The molecule has 0 radical (unpaired) electrons. The Morgan fingerprint density at radius 1 is 1.14 bits per heavy atom. The summed E-state index contributed by atoms with van der Waals surface area (Å²) >= 11 is 0. The second-order valence-corrected chi connectivity index (χ2v) is 4.28. The standard InChI is InChI=1S/C17H12N2O2/c1-21-16-7-6-14(17(20)9-16)8-15(11-19)13-4-2-12(10-18)3-5-13/h2-9,20H,1H3/b15-8+. The third-order valence-corrected chi connectivity index (χ3v) is 2.98. The lowest BCUT2D eigenvalue weighted by molar-refractivity contribution is 0.407. The van der Waals surface area contributed by atoms with Gasteiger partial charge in [-0.1, -0.05) is 12.1 Å². The predicted octanol–water partition coefficient (Wildman–Crippen LogP) is 3.34. The maximum atomic E-state index is 9.92. The molecule has 4 nitrogen and oxygen atoms in total. The predicted molar refractivity (Wildman–Crippen MR) is 79.3 cm³/mol. The summed E-state index contributed by atoms with van der Waals surface area (Å²) < 4.78 is 5.02. The Labute approximate surface area is 122 Å². The highest BCUT2D eigenvalue weighted by Crippen LogP contribution is 2.27. The first-order chi connectivity index (χ1) is 10.2. The van der Waals surface area contributed by atoms with Gasteiger partial charge < -0.3 is 9.84 Å². The van der Waals surface area contributed by atoms with Crippen LogP contribution in [0.2, 0.25) is 0 Å². The quantitative estimate of drug-likeness (QED) is 0.689. The van der Waals surface area contributed by atoms with Gasteiger partial charge in [0, 0.05) is 11.6 Å². The topological polar surface area (TPSA) is 77.0 Å². The smallest absolute Gasteiger partial charge is 0.126 e. The average molecular weight is 276 g/mol. The molecule has 0 aliphatic heterocycles. The Balaban J connectivity index is 2.41. The zero-order chi connectivity index (χ0) is 15.2. The van der Waals surface area contributed by atoms with Gasteiger partial charge in [-0.05, 0) is 35.9 Å². The molecule has 0 fully saturated rings. The first-order valence-electron chi connectivity index (χ1n) is 6.17. The third kappa shape index (κ3) is 3.20. The Morgan fingerprint density at radius 2 is 1.86 bits per heavy atom. The third-order valence-electron chi connectivity index (χ3n) is 2.98. The van der Waals surface area contributed by atoms with Gasteiger partial charge in [0.15, 0.2) is 0 Å². The summed E-state index contributed by atoms with van der Waals surface area (Å²) in [5, 5.41) is 28.0. The van der Waals surface area contributed by atoms with Crippen LogP contribution in [0.3, 0.4) is 0 Å². The highest BCUT2D eigenvalue weighted by Gasteiger charge is 2.05. The van der Waals surface area contributed by atoms with Gasteiger partial charge in [-0.3, -0.25) is 0 Å². The number of hydrogen-bond donors (Lipinski definition) is 1. The van der Waals surface area contributed by atoms with E-state index in [2.05, 4.69) is 6.07 Å². The number of hydrogen-bond acceptors (Lipinski definition) is 4. The van der Waals surface area contributed by atoms with Gasteiger partial charge in [0.25, 0.3) is 0 Å². The average Bonchev–Trinajstić information content (AvgIpc) is 2.54. The van der Waals surface area contributed by atoms with Gasteiger partial charge >= 0.3 is 0 Å². The summed E-state index contributed by atoms with van der Waals surface area (Å²) in [6.45, 7) is 0. The van der Waals surface area contributed by atoms with Gasteiger partial charge in [-0.2, -0.15) is 10.5 Å². The molecule has 21 heavy (non-hydrogen) atoms. The van der Waals surface area contributed by atoms with E-state index in [4.69, 9.17) is 10.00 Å². The molecule has 0 saturated carbocycles. The normalized spacial score (nSPS) is 10.5. The number of nitrogens with zero attached hydrogens (tertiary/aromatic N) is 2. The van der Waals surface area contributed by atoms with E-state index in [1.807, 2.05) is 6.07 Å². The summed E-state index contributed by atoms with van der Waals surface area (Å²) in [7, 11) is 1.52. The SMILES string of the molecule is COc1ccc(/C=C(\C#N)c2ccc(C#N)cc2)c(O)c1. The fraction of sp³-hybridized carbons (Fsp3) is 0.0588. The molecule has 0 aliphatic carbocycles. The van der Waals surface area contributed by atoms with Crippen molar-refractivity contribution >= 4 is 11.6 Å². The molecule has 0 amide bonds. The van der Waals surface area contributed by atoms with Crippen molar-refractivity contribution in [2.45, 2.75) is 0 Å². The van der Waals surface area contributed by atoms with E-state index in [-0.39, 0.29) is 5.75 Å². The number of benzene rings is 2. The number of rotatable bonds is 3. The maximum Gasteiger partial charge on any atom is 0.126 e. The summed E-state index contributed by atoms with van der Waals surface area (Å²) in [5.41, 5.74) is 2.15.